The van der Waals surface area contributed by atoms with Crippen LogP contribution in [-0.4, -0.2) is 41.9 Å². The molecule has 0 amide bonds. The summed E-state index contributed by atoms with van der Waals surface area (Å²) in [5.74, 6) is 1.07. The molecule has 31 heavy (non-hydrogen) atoms. The average Bonchev–Trinajstić information content (AvgIpc) is 2.71. The molecule has 13 heteroatoms. The molecule has 0 aliphatic heterocycles. The summed E-state index contributed by atoms with van der Waals surface area (Å²) in [4.78, 5) is 0.502. The summed E-state index contributed by atoms with van der Waals surface area (Å²) in [6.07, 6.45) is 0. The van der Waals surface area contributed by atoms with Gasteiger partial charge >= 0.3 is 0 Å². The van der Waals surface area contributed by atoms with E-state index in [1.807, 2.05) is 0 Å². The Bertz CT molecular complexity index is 910. The first-order valence-corrected chi connectivity index (χ1v) is 17.1. The number of alkyl halides is 4. The Balaban J connectivity index is 2.37. The third kappa shape index (κ3) is 7.91. The number of sulfone groups is 1. The molecule has 2 aromatic rings. The molecule has 0 fully saturated rings. The van der Waals surface area contributed by atoms with Gasteiger partial charge in [-0.05, 0) is 88.0 Å². The monoisotopic (exact) mass is 957 g/mol. The maximum absolute atomic E-state index is 13.3. The van der Waals surface area contributed by atoms with Gasteiger partial charge in [-0.15, -0.1) is 0 Å². The van der Waals surface area contributed by atoms with Crippen LogP contribution < -0.4 is 9.47 Å². The molecule has 2 rings (SSSR count). The molecule has 2 atom stereocenters. The molecule has 0 heterocycles. The van der Waals surface area contributed by atoms with Crippen LogP contribution in [-0.2, 0) is 9.84 Å². The van der Waals surface area contributed by atoms with E-state index in [4.69, 9.17) is 9.47 Å². The van der Waals surface area contributed by atoms with Gasteiger partial charge in [0.2, 0.25) is 9.84 Å². The highest BCUT2D eigenvalue weighted by molar-refractivity contribution is 9.12. The zero-order chi connectivity index (χ0) is 23.3. The second-order valence-electron chi connectivity index (χ2n) is 6.06. The third-order valence-corrected chi connectivity index (χ3v) is 12.3. The Morgan fingerprint density at radius 3 is 1.23 bits per heavy atom. The lowest BCUT2D eigenvalue weighted by Crippen LogP contribution is -2.13. The van der Waals surface area contributed by atoms with Gasteiger partial charge in [0.1, 0.15) is 24.7 Å². The molecule has 0 bridgehead atoms. The zero-order valence-corrected chi connectivity index (χ0v) is 28.9. The van der Waals surface area contributed by atoms with E-state index in [-0.39, 0.29) is 19.4 Å². The molecule has 0 aromatic heterocycles. The summed E-state index contributed by atoms with van der Waals surface area (Å²) in [6, 6.07) is 6.13. The Hall–Kier alpha value is 1.83. The van der Waals surface area contributed by atoms with E-state index in [9.17, 15) is 8.42 Å². The summed E-state index contributed by atoms with van der Waals surface area (Å²) in [5, 5.41) is 1.45. The van der Waals surface area contributed by atoms with Gasteiger partial charge in [0.05, 0.1) is 37.3 Å². The van der Waals surface area contributed by atoms with Crippen molar-refractivity contribution < 1.29 is 17.9 Å². The van der Waals surface area contributed by atoms with Gasteiger partial charge in [-0.3, -0.25) is 0 Å². The lowest BCUT2D eigenvalue weighted by molar-refractivity contribution is 0.321. The van der Waals surface area contributed by atoms with Crippen LogP contribution in [0.4, 0.5) is 0 Å². The van der Waals surface area contributed by atoms with Crippen molar-refractivity contribution in [2.75, 3.05) is 23.9 Å². The lowest BCUT2D eigenvalue weighted by Gasteiger charge is -2.16. The van der Waals surface area contributed by atoms with E-state index in [0.29, 0.717) is 42.6 Å². The fourth-order valence-corrected chi connectivity index (χ4v) is 7.67. The zero-order valence-electron chi connectivity index (χ0n) is 15.4. The summed E-state index contributed by atoms with van der Waals surface area (Å²) >= 11 is 27.4. The highest BCUT2D eigenvalue weighted by Gasteiger charge is 2.24. The molecule has 0 spiro atoms. The summed E-state index contributed by atoms with van der Waals surface area (Å²) in [5.41, 5.74) is 0. The van der Waals surface area contributed by atoms with Gasteiger partial charge in [-0.25, -0.2) is 8.42 Å². The van der Waals surface area contributed by atoms with Crippen molar-refractivity contribution in [3.8, 4) is 11.5 Å². The van der Waals surface area contributed by atoms with Crippen LogP contribution in [0.5, 0.6) is 11.5 Å². The summed E-state index contributed by atoms with van der Waals surface area (Å²) in [6.45, 7) is 0.834. The van der Waals surface area contributed by atoms with Gasteiger partial charge in [0, 0.05) is 10.7 Å². The van der Waals surface area contributed by atoms with Gasteiger partial charge in [-0.2, -0.15) is 0 Å². The maximum Gasteiger partial charge on any atom is 0.206 e. The third-order valence-electron chi connectivity index (χ3n) is 3.72. The van der Waals surface area contributed by atoms with Crippen molar-refractivity contribution >= 4 is 137 Å². The second kappa shape index (κ2) is 13.2. The molecule has 0 saturated heterocycles. The molecule has 0 radical (unpaired) electrons. The number of halogens is 8. The van der Waals surface area contributed by atoms with E-state index in [0.717, 1.165) is 10.7 Å². The minimum absolute atomic E-state index is 0.125. The smallest absolute Gasteiger partial charge is 0.206 e. The molecule has 0 N–H and O–H groups in total. The van der Waals surface area contributed by atoms with Gasteiger partial charge in [0.25, 0.3) is 0 Å². The van der Waals surface area contributed by atoms with E-state index >= 15 is 0 Å². The first kappa shape index (κ1) is 29.1. The molecule has 172 valence electrons. The summed E-state index contributed by atoms with van der Waals surface area (Å²) < 4.78 is 40.3. The summed E-state index contributed by atoms with van der Waals surface area (Å²) in [7, 11) is -3.80. The highest BCUT2D eigenvalue weighted by atomic mass is 79.9. The van der Waals surface area contributed by atoms with Crippen LogP contribution in [0.25, 0.3) is 0 Å². The predicted octanol–water partition coefficient (Wildman–Crippen LogP) is 8.64. The molecule has 0 aliphatic rings. The average molecular weight is 966 g/mol. The number of rotatable bonds is 10. The van der Waals surface area contributed by atoms with E-state index in [1.165, 1.54) is 24.3 Å². The van der Waals surface area contributed by atoms with Gasteiger partial charge in [-0.1, -0.05) is 63.7 Å². The number of ether oxygens (including phenoxy) is 2. The quantitative estimate of drug-likeness (QED) is 0.224. The Kier molecular flexibility index (Phi) is 12.4. The van der Waals surface area contributed by atoms with Crippen LogP contribution in [0, 0.1) is 0 Å². The number of hydrogen-bond acceptors (Lipinski definition) is 4. The molecular formula is C18H14Br8O4S. The van der Waals surface area contributed by atoms with Crippen LogP contribution in [0.15, 0.2) is 51.9 Å². The van der Waals surface area contributed by atoms with Crippen molar-refractivity contribution in [2.45, 2.75) is 19.4 Å². The Morgan fingerprint density at radius 2 is 0.968 bits per heavy atom. The Morgan fingerprint density at radius 1 is 0.677 bits per heavy atom. The largest absolute Gasteiger partial charge is 0.490 e. The lowest BCUT2D eigenvalue weighted by atomic mass is 10.3. The molecule has 0 saturated carbocycles. The van der Waals surface area contributed by atoms with Crippen LogP contribution in [0.1, 0.15) is 0 Å². The fraction of sp³-hybridized carbons (Fsp3) is 0.333. The van der Waals surface area contributed by atoms with Crippen molar-refractivity contribution in [1.29, 1.82) is 0 Å². The standard InChI is InChI=1S/C18H14Br8O4S/c19-5-9(21)7-29-17-13(23)1-11(2-14(17)24)31(27,28)12-3-15(25)18(16(26)4-12)30-8-10(22)6-20/h1-4,9-10H,5-8H2/t9-,10+. The molecule has 2 aromatic carbocycles. The van der Waals surface area contributed by atoms with E-state index in [2.05, 4.69) is 127 Å². The fourth-order valence-electron chi connectivity index (χ4n) is 2.23. The predicted molar refractivity (Wildman–Crippen MR) is 153 cm³/mol. The van der Waals surface area contributed by atoms with Crippen molar-refractivity contribution in [2.24, 2.45) is 0 Å². The van der Waals surface area contributed by atoms with Crippen molar-refractivity contribution in [3.05, 3.63) is 42.2 Å². The minimum Gasteiger partial charge on any atom is -0.490 e. The maximum atomic E-state index is 13.3. The molecular weight excluding hydrogens is 951 g/mol. The van der Waals surface area contributed by atoms with Crippen LogP contribution >= 0.6 is 127 Å². The molecule has 0 unspecified atom stereocenters. The first-order valence-electron chi connectivity index (χ1n) is 8.40. The van der Waals surface area contributed by atoms with Crippen LogP contribution in [0.3, 0.4) is 0 Å². The van der Waals surface area contributed by atoms with Crippen LogP contribution in [0.2, 0.25) is 0 Å². The Labute approximate surface area is 248 Å². The second-order valence-corrected chi connectivity index (χ2v) is 15.3. The number of benzene rings is 2. The van der Waals surface area contributed by atoms with Gasteiger partial charge < -0.3 is 9.47 Å². The van der Waals surface area contributed by atoms with E-state index < -0.39 is 9.84 Å². The SMILES string of the molecule is O=S(=O)(c1cc(Br)c(OC[C@H](Br)CBr)c(Br)c1)c1cc(Br)c(OC[C@@H](Br)CBr)c(Br)c1. The van der Waals surface area contributed by atoms with Gasteiger partial charge in [0.15, 0.2) is 0 Å². The minimum atomic E-state index is -3.80. The van der Waals surface area contributed by atoms with Crippen molar-refractivity contribution in [3.63, 3.8) is 0 Å². The van der Waals surface area contributed by atoms with E-state index in [1.54, 1.807) is 0 Å². The molecule has 0 aliphatic carbocycles. The highest BCUT2D eigenvalue weighted by Crippen LogP contribution is 2.41. The first-order chi connectivity index (χ1) is 14.5. The molecule has 4 nitrogen and oxygen atoms in total. The topological polar surface area (TPSA) is 52.6 Å². The number of hydrogen-bond donors (Lipinski definition) is 0. The van der Waals surface area contributed by atoms with Crippen molar-refractivity contribution in [1.82, 2.24) is 0 Å². The normalized spacial score (nSPS) is 13.7.